The van der Waals surface area contributed by atoms with Crippen LogP contribution in [0, 0.1) is 5.41 Å². The standard InChI is InChI=1S/C38H55N5O4/c1-5-6-7-14-24-43(31-20-12-9-13-21-31)34(45)23-16-25-47-32-22-15-19-30-26-42(27-33(44)39-28-38(2,3)4)37(40-35(30)32)41-36(46)29-17-10-8-11-18-29/h8,10-11,15,17-19,22,31H,5-7,9,12-14,16,20-21,23-28H2,1-4H3,(H,39,44)(H,40,41,46). The molecule has 0 saturated heterocycles. The topological polar surface area (TPSA) is 103 Å². The first-order chi connectivity index (χ1) is 22.6. The molecule has 4 rings (SSSR count). The predicted molar refractivity (Wildman–Crippen MR) is 188 cm³/mol. The van der Waals surface area contributed by atoms with Crippen molar-refractivity contribution >= 4 is 29.4 Å². The first kappa shape index (κ1) is 36.0. The fraction of sp³-hybridized carbons (Fsp3) is 0.579. The van der Waals surface area contributed by atoms with Gasteiger partial charge in [-0.05, 0) is 49.3 Å². The zero-order valence-electron chi connectivity index (χ0n) is 29.0. The normalized spacial score (nSPS) is 15.0. The molecule has 3 amide bonds. The molecular formula is C38H55N5O4. The smallest absolute Gasteiger partial charge is 0.257 e. The highest BCUT2D eigenvalue weighted by molar-refractivity contribution is 6.07. The predicted octanol–water partition coefficient (Wildman–Crippen LogP) is 6.98. The molecular weight excluding hydrogens is 590 g/mol. The third kappa shape index (κ3) is 11.4. The van der Waals surface area contributed by atoms with E-state index < -0.39 is 0 Å². The number of carbonyl (C=O) groups excluding carboxylic acids is 3. The lowest BCUT2D eigenvalue weighted by Crippen LogP contribution is -2.49. The summed E-state index contributed by atoms with van der Waals surface area (Å²) in [5.41, 5.74) is 1.98. The summed E-state index contributed by atoms with van der Waals surface area (Å²) in [6.45, 7) is 10.6. The Morgan fingerprint density at radius 1 is 0.957 bits per heavy atom. The van der Waals surface area contributed by atoms with Crippen molar-refractivity contribution in [3.05, 3.63) is 59.7 Å². The van der Waals surface area contributed by atoms with Gasteiger partial charge >= 0.3 is 0 Å². The molecule has 1 fully saturated rings. The molecule has 2 aromatic carbocycles. The molecule has 2 aromatic rings. The molecule has 1 heterocycles. The summed E-state index contributed by atoms with van der Waals surface area (Å²) in [6, 6.07) is 15.1. The number of hydrogen-bond acceptors (Lipinski definition) is 6. The molecule has 1 saturated carbocycles. The molecule has 0 radical (unpaired) electrons. The van der Waals surface area contributed by atoms with Crippen LogP contribution in [0.3, 0.4) is 0 Å². The number of aliphatic imine (C=N–C) groups is 1. The molecule has 47 heavy (non-hydrogen) atoms. The van der Waals surface area contributed by atoms with E-state index >= 15 is 0 Å². The molecule has 1 aliphatic heterocycles. The third-order valence-electron chi connectivity index (χ3n) is 8.75. The van der Waals surface area contributed by atoms with Crippen LogP contribution in [-0.4, -0.2) is 65.8 Å². The van der Waals surface area contributed by atoms with Crippen molar-refractivity contribution in [2.75, 3.05) is 26.2 Å². The molecule has 0 aromatic heterocycles. The molecule has 1 aliphatic carbocycles. The van der Waals surface area contributed by atoms with Gasteiger partial charge in [0, 0.05) is 43.2 Å². The summed E-state index contributed by atoms with van der Waals surface area (Å²) in [4.78, 5) is 48.3. The highest BCUT2D eigenvalue weighted by Crippen LogP contribution is 2.35. The Morgan fingerprint density at radius 2 is 1.72 bits per heavy atom. The van der Waals surface area contributed by atoms with Gasteiger partial charge in [0.15, 0.2) is 0 Å². The molecule has 0 atom stereocenters. The third-order valence-corrected chi connectivity index (χ3v) is 8.75. The number of nitrogens with zero attached hydrogens (tertiary/aromatic N) is 3. The van der Waals surface area contributed by atoms with Gasteiger partial charge in [0.1, 0.15) is 18.0 Å². The number of hydrogen-bond donors (Lipinski definition) is 2. The van der Waals surface area contributed by atoms with Gasteiger partial charge in [0.05, 0.1) is 6.61 Å². The Kier molecular flexibility index (Phi) is 13.7. The van der Waals surface area contributed by atoms with E-state index in [9.17, 15) is 14.4 Å². The van der Waals surface area contributed by atoms with Crippen molar-refractivity contribution in [3.63, 3.8) is 0 Å². The van der Waals surface area contributed by atoms with Gasteiger partial charge in [-0.1, -0.05) is 96.6 Å². The average molecular weight is 646 g/mol. The monoisotopic (exact) mass is 645 g/mol. The number of ether oxygens (including phenoxy) is 1. The maximum Gasteiger partial charge on any atom is 0.257 e. The number of unbranched alkanes of at least 4 members (excludes halogenated alkanes) is 3. The number of benzene rings is 2. The summed E-state index contributed by atoms with van der Waals surface area (Å²) in [7, 11) is 0. The lowest BCUT2D eigenvalue weighted by molar-refractivity contribution is -0.134. The fourth-order valence-electron chi connectivity index (χ4n) is 6.15. The van der Waals surface area contributed by atoms with E-state index in [-0.39, 0.29) is 29.7 Å². The second-order valence-electron chi connectivity index (χ2n) is 14.1. The Hall–Kier alpha value is -3.88. The minimum atomic E-state index is -0.304. The Bertz CT molecular complexity index is 1350. The van der Waals surface area contributed by atoms with E-state index in [2.05, 4.69) is 43.2 Å². The second kappa shape index (κ2) is 17.9. The van der Waals surface area contributed by atoms with Gasteiger partial charge < -0.3 is 19.9 Å². The molecule has 0 spiro atoms. The number of rotatable bonds is 15. The molecule has 9 heteroatoms. The van der Waals surface area contributed by atoms with Crippen LogP contribution in [-0.2, 0) is 16.1 Å². The van der Waals surface area contributed by atoms with Gasteiger partial charge in [0.2, 0.25) is 17.8 Å². The minimum Gasteiger partial charge on any atom is -0.491 e. The fourth-order valence-corrected chi connectivity index (χ4v) is 6.15. The molecule has 0 unspecified atom stereocenters. The first-order valence-corrected chi connectivity index (χ1v) is 17.7. The average Bonchev–Trinajstić information content (AvgIpc) is 3.06. The lowest BCUT2D eigenvalue weighted by atomic mass is 9.93. The number of fused-ring (bicyclic) bond motifs is 1. The van der Waals surface area contributed by atoms with Crippen molar-refractivity contribution in [3.8, 4) is 5.75 Å². The van der Waals surface area contributed by atoms with Crippen molar-refractivity contribution in [2.45, 2.75) is 111 Å². The number of para-hydroxylation sites is 1. The highest BCUT2D eigenvalue weighted by Gasteiger charge is 2.27. The Labute approximate surface area is 281 Å². The van der Waals surface area contributed by atoms with E-state index in [4.69, 9.17) is 9.73 Å². The van der Waals surface area contributed by atoms with E-state index in [1.165, 1.54) is 38.5 Å². The quantitative estimate of drug-likeness (QED) is 0.204. The summed E-state index contributed by atoms with van der Waals surface area (Å²) in [6.07, 6.45) is 11.6. The molecule has 9 nitrogen and oxygen atoms in total. The lowest BCUT2D eigenvalue weighted by Gasteiger charge is -2.34. The maximum absolute atomic E-state index is 13.4. The van der Waals surface area contributed by atoms with E-state index in [1.807, 2.05) is 36.4 Å². The van der Waals surface area contributed by atoms with Crippen LogP contribution in [0.4, 0.5) is 5.69 Å². The van der Waals surface area contributed by atoms with Crippen molar-refractivity contribution in [2.24, 2.45) is 10.4 Å². The van der Waals surface area contributed by atoms with Crippen LogP contribution in [0.25, 0.3) is 0 Å². The van der Waals surface area contributed by atoms with E-state index in [0.29, 0.717) is 61.5 Å². The first-order valence-electron chi connectivity index (χ1n) is 17.7. The van der Waals surface area contributed by atoms with Crippen LogP contribution >= 0.6 is 0 Å². The SMILES string of the molecule is CCCCCCN(C(=O)CCCOc1cccc2c1N=C(NC(=O)c1ccccc1)N(CC(=O)NCC(C)(C)C)C2)C1CCCCC1. The summed E-state index contributed by atoms with van der Waals surface area (Å²) < 4.78 is 6.24. The molecule has 256 valence electrons. The van der Waals surface area contributed by atoms with Crippen LogP contribution in [0.15, 0.2) is 53.5 Å². The largest absolute Gasteiger partial charge is 0.491 e. The highest BCUT2D eigenvalue weighted by atomic mass is 16.5. The van der Waals surface area contributed by atoms with Crippen LogP contribution in [0.5, 0.6) is 5.75 Å². The van der Waals surface area contributed by atoms with Gasteiger partial charge in [0.25, 0.3) is 5.91 Å². The van der Waals surface area contributed by atoms with Crippen molar-refractivity contribution in [1.29, 1.82) is 0 Å². The second-order valence-corrected chi connectivity index (χ2v) is 14.1. The molecule has 2 N–H and O–H groups in total. The number of carbonyl (C=O) groups is 3. The molecule has 2 aliphatic rings. The zero-order valence-corrected chi connectivity index (χ0v) is 29.0. The number of nitrogens with one attached hydrogen (secondary N) is 2. The van der Waals surface area contributed by atoms with Gasteiger partial charge in [-0.2, -0.15) is 0 Å². The number of guanidine groups is 1. The van der Waals surface area contributed by atoms with E-state index in [1.54, 1.807) is 17.0 Å². The van der Waals surface area contributed by atoms with Crippen LogP contribution < -0.4 is 15.4 Å². The van der Waals surface area contributed by atoms with Crippen LogP contribution in [0.2, 0.25) is 0 Å². The number of amides is 3. The maximum atomic E-state index is 13.4. The van der Waals surface area contributed by atoms with Crippen molar-refractivity contribution in [1.82, 2.24) is 20.4 Å². The van der Waals surface area contributed by atoms with Gasteiger partial charge in [-0.25, -0.2) is 4.99 Å². The Balaban J connectivity index is 1.42. The van der Waals surface area contributed by atoms with Gasteiger partial charge in [-0.15, -0.1) is 0 Å². The van der Waals surface area contributed by atoms with Crippen LogP contribution in [0.1, 0.15) is 114 Å². The summed E-state index contributed by atoms with van der Waals surface area (Å²) in [5, 5.41) is 5.93. The van der Waals surface area contributed by atoms with E-state index in [0.717, 1.165) is 31.4 Å². The van der Waals surface area contributed by atoms with Crippen molar-refractivity contribution < 1.29 is 19.1 Å². The minimum absolute atomic E-state index is 0.0482. The summed E-state index contributed by atoms with van der Waals surface area (Å²) in [5.74, 6) is 0.685. The van der Waals surface area contributed by atoms with Gasteiger partial charge in [-0.3, -0.25) is 19.7 Å². The molecule has 0 bridgehead atoms. The zero-order chi connectivity index (χ0) is 33.6. The Morgan fingerprint density at radius 3 is 2.45 bits per heavy atom. The summed E-state index contributed by atoms with van der Waals surface area (Å²) >= 11 is 0.